The Hall–Kier alpha value is -1.96. The van der Waals surface area contributed by atoms with Gasteiger partial charge in [-0.1, -0.05) is 45.4 Å². The van der Waals surface area contributed by atoms with Crippen LogP contribution in [0.4, 0.5) is 0 Å². The van der Waals surface area contributed by atoms with Gasteiger partial charge in [-0.3, -0.25) is 4.79 Å². The molecule has 0 bridgehead atoms. The number of hydrogen-bond donors (Lipinski definition) is 4. The molecular formula is C31H47NO6. The van der Waals surface area contributed by atoms with E-state index in [4.69, 9.17) is 10.5 Å². The third-order valence-electron chi connectivity index (χ3n) is 11.4. The van der Waals surface area contributed by atoms with E-state index in [1.54, 1.807) is 12.2 Å². The zero-order chi connectivity index (χ0) is 28.4. The van der Waals surface area contributed by atoms with E-state index in [0.29, 0.717) is 18.4 Å². The van der Waals surface area contributed by atoms with Crippen molar-refractivity contribution in [2.45, 2.75) is 105 Å². The number of carboxylic acid groups (broad SMARTS) is 1. The second-order valence-electron chi connectivity index (χ2n) is 13.6. The third-order valence-corrected chi connectivity index (χ3v) is 11.4. The minimum Gasteiger partial charge on any atom is -0.478 e. The van der Waals surface area contributed by atoms with Gasteiger partial charge in [0.2, 0.25) is 0 Å². The number of rotatable bonds is 4. The zero-order valence-corrected chi connectivity index (χ0v) is 24.0. The van der Waals surface area contributed by atoms with Gasteiger partial charge in [0.1, 0.15) is 6.10 Å². The van der Waals surface area contributed by atoms with Crippen molar-refractivity contribution in [3.63, 3.8) is 0 Å². The van der Waals surface area contributed by atoms with Crippen molar-refractivity contribution in [2.75, 3.05) is 0 Å². The van der Waals surface area contributed by atoms with Crippen LogP contribution in [0.1, 0.15) is 80.6 Å². The van der Waals surface area contributed by atoms with Gasteiger partial charge < -0.3 is 25.8 Å². The number of carbonyl (C=O) groups is 2. The Morgan fingerprint density at radius 3 is 2.29 bits per heavy atom. The Balaban J connectivity index is 1.91. The predicted molar refractivity (Wildman–Crippen MR) is 146 cm³/mol. The summed E-state index contributed by atoms with van der Waals surface area (Å²) >= 11 is 0. The van der Waals surface area contributed by atoms with E-state index in [-0.39, 0.29) is 40.3 Å². The van der Waals surface area contributed by atoms with Gasteiger partial charge in [-0.05, 0) is 91.6 Å². The predicted octanol–water partition coefficient (Wildman–Crippen LogP) is 4.38. The number of hydrogen-bond acceptors (Lipinski definition) is 6. The van der Waals surface area contributed by atoms with Crippen molar-refractivity contribution in [2.24, 2.45) is 45.7 Å². The highest BCUT2D eigenvalue weighted by atomic mass is 16.5. The molecule has 0 aromatic carbocycles. The highest BCUT2D eigenvalue weighted by Crippen LogP contribution is 2.74. The molecule has 5 N–H and O–H groups in total. The number of carbonyl (C=O) groups excluding carboxylic acids is 1. The Bertz CT molecular complexity index is 1070. The lowest BCUT2D eigenvalue weighted by atomic mass is 9.36. The maximum absolute atomic E-state index is 12.6. The van der Waals surface area contributed by atoms with Crippen molar-refractivity contribution < 1.29 is 29.6 Å². The van der Waals surface area contributed by atoms with Crippen molar-refractivity contribution in [3.8, 4) is 0 Å². The molecule has 0 saturated heterocycles. The molecule has 212 valence electrons. The van der Waals surface area contributed by atoms with Crippen LogP contribution in [0.2, 0.25) is 0 Å². The van der Waals surface area contributed by atoms with Gasteiger partial charge in [0.25, 0.3) is 0 Å². The molecule has 11 atom stereocenters. The summed E-state index contributed by atoms with van der Waals surface area (Å²) in [7, 11) is 0. The second-order valence-corrected chi connectivity index (χ2v) is 13.6. The first-order chi connectivity index (χ1) is 17.6. The molecule has 7 heteroatoms. The van der Waals surface area contributed by atoms with Crippen LogP contribution in [0.25, 0.3) is 0 Å². The Kier molecular flexibility index (Phi) is 7.56. The largest absolute Gasteiger partial charge is 0.478 e. The zero-order valence-electron chi connectivity index (χ0n) is 24.0. The fourth-order valence-electron chi connectivity index (χ4n) is 9.58. The van der Waals surface area contributed by atoms with E-state index < -0.39 is 41.5 Å². The van der Waals surface area contributed by atoms with Crippen LogP contribution in [0.5, 0.6) is 0 Å². The molecule has 7 nitrogen and oxygen atoms in total. The van der Waals surface area contributed by atoms with Crippen LogP contribution in [-0.4, -0.2) is 51.6 Å². The summed E-state index contributed by atoms with van der Waals surface area (Å²) in [5.41, 5.74) is 7.51. The van der Waals surface area contributed by atoms with Crippen LogP contribution >= 0.6 is 0 Å². The van der Waals surface area contributed by atoms with Gasteiger partial charge in [0.05, 0.1) is 17.8 Å². The molecule has 38 heavy (non-hydrogen) atoms. The van der Waals surface area contributed by atoms with Gasteiger partial charge in [-0.15, -0.1) is 0 Å². The first kappa shape index (κ1) is 29.0. The monoisotopic (exact) mass is 529 g/mol. The van der Waals surface area contributed by atoms with Crippen molar-refractivity contribution in [3.05, 3.63) is 34.9 Å². The van der Waals surface area contributed by atoms with Crippen LogP contribution in [0.15, 0.2) is 34.9 Å². The summed E-state index contributed by atoms with van der Waals surface area (Å²) in [6.45, 7) is 14.0. The number of aliphatic carboxylic acids is 1. The number of ether oxygens (including phenoxy) is 1. The summed E-state index contributed by atoms with van der Waals surface area (Å²) in [6.07, 6.45) is 6.95. The van der Waals surface area contributed by atoms with E-state index in [0.717, 1.165) is 24.8 Å². The molecule has 0 aliphatic heterocycles. The molecule has 0 aromatic rings. The molecular weight excluding hydrogens is 482 g/mol. The maximum atomic E-state index is 12.6. The Morgan fingerprint density at radius 2 is 1.71 bits per heavy atom. The number of carboxylic acids is 1. The van der Waals surface area contributed by atoms with Crippen molar-refractivity contribution in [1.82, 2.24) is 0 Å². The van der Waals surface area contributed by atoms with Crippen LogP contribution in [-0.2, 0) is 14.3 Å². The van der Waals surface area contributed by atoms with E-state index in [1.807, 2.05) is 19.9 Å². The summed E-state index contributed by atoms with van der Waals surface area (Å²) in [4.78, 5) is 24.9. The van der Waals surface area contributed by atoms with E-state index >= 15 is 0 Å². The third kappa shape index (κ3) is 4.20. The molecule has 0 amide bonds. The minimum atomic E-state index is -1.10. The van der Waals surface area contributed by atoms with E-state index in [2.05, 4.69) is 27.7 Å². The van der Waals surface area contributed by atoms with Gasteiger partial charge in [-0.25, -0.2) is 4.79 Å². The number of fused-ring (bicyclic) bond motifs is 5. The lowest BCUT2D eigenvalue weighted by molar-refractivity contribution is -0.239. The molecule has 4 aliphatic carbocycles. The Morgan fingerprint density at radius 1 is 1.05 bits per heavy atom. The molecule has 4 rings (SSSR count). The summed E-state index contributed by atoms with van der Waals surface area (Å²) in [5.74, 6) is -1.73. The van der Waals surface area contributed by atoms with Crippen LogP contribution in [0, 0.1) is 39.9 Å². The smallest absolute Gasteiger partial charge is 0.335 e. The molecule has 4 saturated carbocycles. The summed E-state index contributed by atoms with van der Waals surface area (Å²) in [6, 6.07) is -0.711. The highest BCUT2D eigenvalue weighted by molar-refractivity contribution is 5.91. The number of aliphatic hydroxyl groups is 2. The van der Waals surface area contributed by atoms with E-state index in [1.165, 1.54) is 6.92 Å². The normalized spacial score (nSPS) is 47.5. The number of nitrogens with two attached hydrogens (primary N) is 1. The average Bonchev–Trinajstić information content (AvgIpc) is 3.10. The second kappa shape index (κ2) is 9.90. The van der Waals surface area contributed by atoms with Crippen molar-refractivity contribution >= 4 is 11.9 Å². The molecule has 0 heterocycles. The number of esters is 1. The molecule has 0 spiro atoms. The number of allylic oxidation sites excluding steroid dienone is 3. The highest BCUT2D eigenvalue weighted by Gasteiger charge is 2.72. The van der Waals surface area contributed by atoms with Gasteiger partial charge in [0, 0.05) is 18.9 Å². The molecule has 4 aliphatic rings. The van der Waals surface area contributed by atoms with Gasteiger partial charge >= 0.3 is 11.9 Å². The quantitative estimate of drug-likeness (QED) is 0.242. The van der Waals surface area contributed by atoms with Crippen LogP contribution in [0.3, 0.4) is 0 Å². The lowest BCUT2D eigenvalue weighted by Gasteiger charge is -2.70. The van der Waals surface area contributed by atoms with Crippen LogP contribution < -0.4 is 5.73 Å². The SMILES string of the molecule is CC(=O)O[C@H]1C[C@@]2(C)[C@H](/C1=C(\C=C/C=C(C)C)C(=O)O)[C@H](N)[C@@H](O)[C@H]1[C@@]3(C)CC[C@@H](O)[C@@H](C)[C@@H]3CC[C@@]12C. The number of aliphatic hydroxyl groups excluding tert-OH is 2. The Labute approximate surface area is 227 Å². The minimum absolute atomic E-state index is 0.0847. The fraction of sp³-hybridized carbons (Fsp3) is 0.742. The maximum Gasteiger partial charge on any atom is 0.335 e. The first-order valence-electron chi connectivity index (χ1n) is 14.2. The first-order valence-corrected chi connectivity index (χ1v) is 14.2. The van der Waals surface area contributed by atoms with E-state index in [9.17, 15) is 24.9 Å². The fourth-order valence-corrected chi connectivity index (χ4v) is 9.58. The molecule has 0 aromatic heterocycles. The topological polar surface area (TPSA) is 130 Å². The molecule has 0 radical (unpaired) electrons. The van der Waals surface area contributed by atoms with Crippen molar-refractivity contribution in [1.29, 1.82) is 0 Å². The summed E-state index contributed by atoms with van der Waals surface area (Å²) in [5, 5.41) is 33.0. The van der Waals surface area contributed by atoms with Gasteiger partial charge in [-0.2, -0.15) is 0 Å². The average molecular weight is 530 g/mol. The van der Waals surface area contributed by atoms with Gasteiger partial charge in [0.15, 0.2) is 0 Å². The molecule has 4 fully saturated rings. The standard InChI is InChI=1S/C31H47NO6/c1-16(2)9-8-10-19(28(36)37)23-22(38-18(4)33)15-31(7)24(23)25(32)26(35)27-29(5)13-12-21(34)17(3)20(29)11-14-30(27,31)6/h8-10,17,20-22,24-27,34-35H,11-15,32H2,1-7H3,(H,36,37)/b10-8-,23-19+/t17-,20-,21+,22-,24+,25-,26+,27-,29-,30-,31-/m0/s1. The summed E-state index contributed by atoms with van der Waals surface area (Å²) < 4.78 is 5.83. The lowest BCUT2D eigenvalue weighted by Crippen LogP contribution is -2.71. The molecule has 0 unspecified atom stereocenters.